The van der Waals surface area contributed by atoms with Crippen molar-refractivity contribution in [1.29, 1.82) is 0 Å². The van der Waals surface area contributed by atoms with E-state index in [0.717, 1.165) is 24.8 Å². The maximum Gasteiger partial charge on any atom is 0.408 e. The van der Waals surface area contributed by atoms with E-state index in [0.29, 0.717) is 12.5 Å². The van der Waals surface area contributed by atoms with E-state index >= 15 is 0 Å². The smallest absolute Gasteiger partial charge is 0.408 e. The molecule has 0 heterocycles. The highest BCUT2D eigenvalue weighted by Crippen LogP contribution is 2.28. The molecule has 33 heavy (non-hydrogen) atoms. The Labute approximate surface area is 199 Å². The van der Waals surface area contributed by atoms with Crippen molar-refractivity contribution in [3.63, 3.8) is 0 Å². The molecule has 0 radical (unpaired) electrons. The highest BCUT2D eigenvalue weighted by Gasteiger charge is 2.26. The molecule has 7 heteroatoms. The fraction of sp³-hybridized carbons (Fsp3) is 0.654. The van der Waals surface area contributed by atoms with Crippen LogP contribution in [0, 0.1) is 11.8 Å². The van der Waals surface area contributed by atoms with E-state index < -0.39 is 11.7 Å². The number of hydrogen-bond donors (Lipinski definition) is 3. The van der Waals surface area contributed by atoms with Crippen LogP contribution < -0.4 is 16.0 Å². The molecule has 3 N–H and O–H groups in total. The number of hydrogen-bond acceptors (Lipinski definition) is 4. The Morgan fingerprint density at radius 2 is 1.70 bits per heavy atom. The van der Waals surface area contributed by atoms with Crippen molar-refractivity contribution in [2.45, 2.75) is 85.3 Å². The fourth-order valence-corrected chi connectivity index (χ4v) is 3.67. The van der Waals surface area contributed by atoms with Crippen LogP contribution in [-0.2, 0) is 14.3 Å². The zero-order valence-electron chi connectivity index (χ0n) is 21.2. The van der Waals surface area contributed by atoms with E-state index in [1.165, 1.54) is 12.8 Å². The average molecular weight is 462 g/mol. The normalized spacial score (nSPS) is 18.7. The molecule has 0 saturated heterocycles. The molecule has 0 bridgehead atoms. The minimum Gasteiger partial charge on any atom is -0.444 e. The van der Waals surface area contributed by atoms with Crippen LogP contribution in [0.4, 0.5) is 4.79 Å². The summed E-state index contributed by atoms with van der Waals surface area (Å²) in [5.74, 6) is 0.298. The molecule has 0 spiro atoms. The van der Waals surface area contributed by atoms with Crippen molar-refractivity contribution >= 4 is 17.9 Å². The van der Waals surface area contributed by atoms with Crippen molar-refractivity contribution in [1.82, 2.24) is 16.0 Å². The summed E-state index contributed by atoms with van der Waals surface area (Å²) in [6.45, 7) is 11.8. The van der Waals surface area contributed by atoms with Gasteiger partial charge in [0.25, 0.3) is 0 Å². The van der Waals surface area contributed by atoms with Gasteiger partial charge in [-0.3, -0.25) is 9.59 Å². The molecule has 3 amide bonds. The minimum absolute atomic E-state index is 0.0368. The van der Waals surface area contributed by atoms with Crippen LogP contribution >= 0.6 is 0 Å². The average Bonchev–Trinajstić information content (AvgIpc) is 2.75. The van der Waals surface area contributed by atoms with Crippen molar-refractivity contribution in [2.24, 2.45) is 11.8 Å². The lowest BCUT2D eigenvalue weighted by Crippen LogP contribution is -2.44. The molecule has 3 atom stereocenters. The summed E-state index contributed by atoms with van der Waals surface area (Å²) in [5, 5.41) is 8.36. The SMILES string of the molecule is CC1CCCC(C(=O)NCC(NC(=O)CNC(=O)OC(C)(C)C)c2ccccc2)C1.CCC. The molecule has 3 unspecified atom stereocenters. The molecule has 186 valence electrons. The van der Waals surface area contributed by atoms with Gasteiger partial charge in [0.1, 0.15) is 12.1 Å². The van der Waals surface area contributed by atoms with Gasteiger partial charge in [0.15, 0.2) is 0 Å². The maximum atomic E-state index is 12.6. The van der Waals surface area contributed by atoms with E-state index in [1.807, 2.05) is 30.3 Å². The lowest BCUT2D eigenvalue weighted by Gasteiger charge is -2.27. The largest absolute Gasteiger partial charge is 0.444 e. The highest BCUT2D eigenvalue weighted by molar-refractivity contribution is 5.83. The van der Waals surface area contributed by atoms with Gasteiger partial charge in [-0.15, -0.1) is 0 Å². The van der Waals surface area contributed by atoms with Gasteiger partial charge >= 0.3 is 6.09 Å². The molecule has 1 aliphatic carbocycles. The Hall–Kier alpha value is -2.57. The predicted molar refractivity (Wildman–Crippen MR) is 132 cm³/mol. The monoisotopic (exact) mass is 461 g/mol. The van der Waals surface area contributed by atoms with Gasteiger partial charge in [-0.2, -0.15) is 0 Å². The van der Waals surface area contributed by atoms with Gasteiger partial charge in [0.2, 0.25) is 11.8 Å². The zero-order valence-corrected chi connectivity index (χ0v) is 21.2. The number of rotatable bonds is 7. The molecule has 2 rings (SSSR count). The lowest BCUT2D eigenvalue weighted by molar-refractivity contribution is -0.127. The number of benzene rings is 1. The van der Waals surface area contributed by atoms with E-state index in [1.54, 1.807) is 20.8 Å². The molecular weight excluding hydrogens is 418 g/mol. The quantitative estimate of drug-likeness (QED) is 0.547. The van der Waals surface area contributed by atoms with Crippen LogP contribution in [0.1, 0.15) is 85.3 Å². The summed E-state index contributed by atoms with van der Waals surface area (Å²) in [6, 6.07) is 9.09. The van der Waals surface area contributed by atoms with Crippen molar-refractivity contribution < 1.29 is 19.1 Å². The molecular formula is C26H43N3O4. The van der Waals surface area contributed by atoms with Gasteiger partial charge in [-0.25, -0.2) is 4.79 Å². The van der Waals surface area contributed by atoms with Crippen LogP contribution in [0.3, 0.4) is 0 Å². The summed E-state index contributed by atoms with van der Waals surface area (Å²) >= 11 is 0. The predicted octanol–water partition coefficient (Wildman–Crippen LogP) is 4.73. The van der Waals surface area contributed by atoms with Gasteiger partial charge in [-0.1, -0.05) is 70.4 Å². The Kier molecular flexibility index (Phi) is 12.6. The Balaban J connectivity index is 0.00000172. The van der Waals surface area contributed by atoms with Crippen LogP contribution in [0.5, 0.6) is 0 Å². The van der Waals surface area contributed by atoms with Gasteiger partial charge in [0, 0.05) is 12.5 Å². The summed E-state index contributed by atoms with van der Waals surface area (Å²) < 4.78 is 5.15. The third-order valence-electron chi connectivity index (χ3n) is 5.12. The first-order chi connectivity index (χ1) is 15.6. The molecule has 1 fully saturated rings. The second-order valence-corrected chi connectivity index (χ2v) is 9.81. The van der Waals surface area contributed by atoms with Crippen LogP contribution in [0.2, 0.25) is 0 Å². The molecule has 1 aliphatic rings. The fourth-order valence-electron chi connectivity index (χ4n) is 3.67. The first-order valence-electron chi connectivity index (χ1n) is 12.1. The molecule has 0 aromatic heterocycles. The Bertz CT molecular complexity index is 731. The van der Waals surface area contributed by atoms with Crippen LogP contribution in [0.25, 0.3) is 0 Å². The number of nitrogens with one attached hydrogen (secondary N) is 3. The number of carbonyl (C=O) groups is 3. The second kappa shape index (κ2) is 14.6. The molecule has 7 nitrogen and oxygen atoms in total. The van der Waals surface area contributed by atoms with Crippen LogP contribution in [0.15, 0.2) is 30.3 Å². The van der Waals surface area contributed by atoms with Crippen molar-refractivity contribution in [3.8, 4) is 0 Å². The molecule has 0 aliphatic heterocycles. The molecule has 1 saturated carbocycles. The summed E-state index contributed by atoms with van der Waals surface area (Å²) in [6.07, 6.45) is 4.69. The van der Waals surface area contributed by atoms with Gasteiger partial charge in [-0.05, 0) is 45.1 Å². The molecule has 1 aromatic carbocycles. The minimum atomic E-state index is -0.645. The third-order valence-corrected chi connectivity index (χ3v) is 5.12. The summed E-state index contributed by atoms with van der Waals surface area (Å²) in [7, 11) is 0. The highest BCUT2D eigenvalue weighted by atomic mass is 16.6. The Morgan fingerprint density at radius 1 is 1.06 bits per heavy atom. The van der Waals surface area contributed by atoms with E-state index in [2.05, 4.69) is 36.7 Å². The topological polar surface area (TPSA) is 96.5 Å². The van der Waals surface area contributed by atoms with Gasteiger partial charge in [0.05, 0.1) is 6.04 Å². The number of carbonyl (C=O) groups excluding carboxylic acids is 3. The van der Waals surface area contributed by atoms with Gasteiger partial charge < -0.3 is 20.7 Å². The van der Waals surface area contributed by atoms with Crippen molar-refractivity contribution in [2.75, 3.05) is 13.1 Å². The lowest BCUT2D eigenvalue weighted by atomic mass is 9.82. The van der Waals surface area contributed by atoms with Crippen LogP contribution in [-0.4, -0.2) is 36.6 Å². The number of alkyl carbamates (subject to hydrolysis) is 1. The number of amides is 3. The van der Waals surface area contributed by atoms with E-state index in [9.17, 15) is 14.4 Å². The standard InChI is InChI=1S/C23H35N3O4.C3H8/c1-16-9-8-12-18(13-16)21(28)24-14-19(17-10-6-5-7-11-17)26-20(27)15-25-22(29)30-23(2,3)4;1-3-2/h5-7,10-11,16,18-19H,8-9,12-15H2,1-4H3,(H,24,28)(H,25,29)(H,26,27);3H2,1-2H3. The Morgan fingerprint density at radius 3 is 2.27 bits per heavy atom. The molecule has 1 aromatic rings. The van der Waals surface area contributed by atoms with E-state index in [-0.39, 0.29) is 30.3 Å². The first-order valence-corrected chi connectivity index (χ1v) is 12.1. The summed E-state index contributed by atoms with van der Waals surface area (Å²) in [4.78, 5) is 36.8. The maximum absolute atomic E-state index is 12.6. The first kappa shape index (κ1) is 28.5. The van der Waals surface area contributed by atoms with E-state index in [4.69, 9.17) is 4.74 Å². The second-order valence-electron chi connectivity index (χ2n) is 9.81. The van der Waals surface area contributed by atoms with Crippen molar-refractivity contribution in [3.05, 3.63) is 35.9 Å². The third kappa shape index (κ3) is 12.3. The summed E-state index contributed by atoms with van der Waals surface area (Å²) in [5.41, 5.74) is 0.258. The zero-order chi connectivity index (χ0) is 24.9. The number of ether oxygens (including phenoxy) is 1.